The summed E-state index contributed by atoms with van der Waals surface area (Å²) in [5.74, 6) is 3.79. The third-order valence-corrected chi connectivity index (χ3v) is 4.09. The molecule has 0 saturated heterocycles. The highest BCUT2D eigenvalue weighted by molar-refractivity contribution is 9.09. The fraction of sp³-hybridized carbons (Fsp3) is 1.00. The lowest BCUT2D eigenvalue weighted by Crippen LogP contribution is -2.25. The zero-order valence-corrected chi connectivity index (χ0v) is 11.7. The number of hydrogen-bond acceptors (Lipinski definition) is 0. The van der Waals surface area contributed by atoms with Gasteiger partial charge in [-0.3, -0.25) is 0 Å². The second-order valence-electron chi connectivity index (χ2n) is 5.67. The zero-order chi connectivity index (χ0) is 10.7. The van der Waals surface area contributed by atoms with Crippen LogP contribution in [0.3, 0.4) is 0 Å². The van der Waals surface area contributed by atoms with E-state index in [1.807, 2.05) is 0 Å². The largest absolute Gasteiger partial charge is 0.0894 e. The topological polar surface area (TPSA) is 0 Å². The molecular formula is C13H25Br. The predicted molar refractivity (Wildman–Crippen MR) is 67.8 cm³/mol. The van der Waals surface area contributed by atoms with Crippen molar-refractivity contribution in [1.82, 2.24) is 0 Å². The Balaban J connectivity index is 2.42. The molecule has 1 saturated carbocycles. The van der Waals surface area contributed by atoms with E-state index in [-0.39, 0.29) is 0 Å². The molecule has 0 nitrogen and oxygen atoms in total. The summed E-state index contributed by atoms with van der Waals surface area (Å²) in [7, 11) is 0. The Hall–Kier alpha value is 0.480. The van der Waals surface area contributed by atoms with Crippen LogP contribution in [-0.4, -0.2) is 4.83 Å². The summed E-state index contributed by atoms with van der Waals surface area (Å²) in [6.07, 6.45) is 5.72. The van der Waals surface area contributed by atoms with Crippen molar-refractivity contribution in [3.05, 3.63) is 0 Å². The summed E-state index contributed by atoms with van der Waals surface area (Å²) in [5, 5.41) is 0. The summed E-state index contributed by atoms with van der Waals surface area (Å²) in [5.41, 5.74) is 0. The van der Waals surface area contributed by atoms with Crippen LogP contribution in [0.2, 0.25) is 0 Å². The molecule has 1 fully saturated rings. The Bertz CT molecular complexity index is 155. The van der Waals surface area contributed by atoms with E-state index in [2.05, 4.69) is 43.6 Å². The first-order valence-corrected chi connectivity index (χ1v) is 7.04. The van der Waals surface area contributed by atoms with Gasteiger partial charge < -0.3 is 0 Å². The molecule has 0 aliphatic heterocycles. The fourth-order valence-corrected chi connectivity index (χ4v) is 3.77. The normalized spacial score (nSPS) is 37.9. The van der Waals surface area contributed by atoms with Gasteiger partial charge in [-0.1, -0.05) is 43.6 Å². The first-order valence-electron chi connectivity index (χ1n) is 6.13. The lowest BCUT2D eigenvalue weighted by atomic mass is 9.71. The summed E-state index contributed by atoms with van der Waals surface area (Å²) < 4.78 is 0. The minimum absolute atomic E-state index is 0.685. The van der Waals surface area contributed by atoms with Gasteiger partial charge in [0, 0.05) is 4.83 Å². The zero-order valence-electron chi connectivity index (χ0n) is 10.1. The molecule has 4 unspecified atom stereocenters. The summed E-state index contributed by atoms with van der Waals surface area (Å²) in [6.45, 7) is 9.55. The molecular weight excluding hydrogens is 236 g/mol. The maximum Gasteiger partial charge on any atom is 0.0120 e. The first-order chi connectivity index (χ1) is 6.49. The standard InChI is InChI=1S/C13H25Br/c1-9-5-10(2)7-13(6-9)11(3)8-12(4)14/h9-13H,5-8H2,1-4H3. The molecule has 1 aliphatic rings. The van der Waals surface area contributed by atoms with E-state index in [9.17, 15) is 0 Å². The lowest BCUT2D eigenvalue weighted by molar-refractivity contribution is 0.163. The average molecular weight is 261 g/mol. The van der Waals surface area contributed by atoms with Crippen LogP contribution >= 0.6 is 15.9 Å². The molecule has 0 aromatic rings. The third kappa shape index (κ3) is 3.92. The molecule has 14 heavy (non-hydrogen) atoms. The van der Waals surface area contributed by atoms with E-state index in [0.29, 0.717) is 4.83 Å². The predicted octanol–water partition coefficient (Wildman–Crippen LogP) is 4.87. The maximum atomic E-state index is 3.67. The van der Waals surface area contributed by atoms with Gasteiger partial charge in [0.1, 0.15) is 0 Å². The molecule has 84 valence electrons. The molecule has 1 aliphatic carbocycles. The van der Waals surface area contributed by atoms with Crippen molar-refractivity contribution in [3.8, 4) is 0 Å². The van der Waals surface area contributed by atoms with Gasteiger partial charge in [-0.25, -0.2) is 0 Å². The highest BCUT2D eigenvalue weighted by Gasteiger charge is 2.27. The molecule has 0 aromatic heterocycles. The van der Waals surface area contributed by atoms with Gasteiger partial charge in [-0.05, 0) is 49.4 Å². The van der Waals surface area contributed by atoms with Crippen LogP contribution < -0.4 is 0 Å². The third-order valence-electron chi connectivity index (χ3n) is 3.72. The van der Waals surface area contributed by atoms with Crippen molar-refractivity contribution in [3.63, 3.8) is 0 Å². The fourth-order valence-electron chi connectivity index (χ4n) is 3.18. The summed E-state index contributed by atoms with van der Waals surface area (Å²) >= 11 is 3.67. The van der Waals surface area contributed by atoms with Gasteiger partial charge >= 0.3 is 0 Å². The molecule has 0 radical (unpaired) electrons. The Kier molecular flexibility index (Phi) is 4.96. The van der Waals surface area contributed by atoms with E-state index in [1.165, 1.54) is 25.7 Å². The molecule has 1 rings (SSSR count). The van der Waals surface area contributed by atoms with Gasteiger partial charge in [0.15, 0.2) is 0 Å². The minimum Gasteiger partial charge on any atom is -0.0894 e. The average Bonchev–Trinajstić information content (AvgIpc) is 2.00. The monoisotopic (exact) mass is 260 g/mol. The molecule has 0 N–H and O–H groups in total. The van der Waals surface area contributed by atoms with Crippen LogP contribution in [0.4, 0.5) is 0 Å². The van der Waals surface area contributed by atoms with Crippen LogP contribution in [-0.2, 0) is 0 Å². The molecule has 0 heterocycles. The lowest BCUT2D eigenvalue weighted by Gasteiger charge is -2.35. The van der Waals surface area contributed by atoms with Gasteiger partial charge in [-0.15, -0.1) is 0 Å². The van der Waals surface area contributed by atoms with Crippen LogP contribution in [0.1, 0.15) is 53.4 Å². The molecule has 0 spiro atoms. The van der Waals surface area contributed by atoms with Crippen molar-refractivity contribution in [1.29, 1.82) is 0 Å². The Morgan fingerprint density at radius 3 is 2.00 bits per heavy atom. The van der Waals surface area contributed by atoms with E-state index in [1.54, 1.807) is 0 Å². The molecule has 4 atom stereocenters. The SMILES string of the molecule is CC(Br)CC(C)C1CC(C)CC(C)C1. The maximum absolute atomic E-state index is 3.67. The Morgan fingerprint density at radius 1 is 1.07 bits per heavy atom. The second kappa shape index (κ2) is 5.53. The number of halogens is 1. The second-order valence-corrected chi connectivity index (χ2v) is 7.23. The van der Waals surface area contributed by atoms with Crippen molar-refractivity contribution in [2.75, 3.05) is 0 Å². The van der Waals surface area contributed by atoms with E-state index < -0.39 is 0 Å². The Labute approximate surface area is 98.0 Å². The van der Waals surface area contributed by atoms with Crippen molar-refractivity contribution >= 4 is 15.9 Å². The molecule has 0 bridgehead atoms. The van der Waals surface area contributed by atoms with E-state index in [0.717, 1.165) is 23.7 Å². The van der Waals surface area contributed by atoms with Gasteiger partial charge in [-0.2, -0.15) is 0 Å². The highest BCUT2D eigenvalue weighted by atomic mass is 79.9. The molecule has 0 aromatic carbocycles. The quantitative estimate of drug-likeness (QED) is 0.636. The Morgan fingerprint density at radius 2 is 1.57 bits per heavy atom. The van der Waals surface area contributed by atoms with Gasteiger partial charge in [0.05, 0.1) is 0 Å². The van der Waals surface area contributed by atoms with E-state index in [4.69, 9.17) is 0 Å². The molecule has 1 heteroatoms. The number of rotatable bonds is 3. The van der Waals surface area contributed by atoms with Crippen LogP contribution in [0.25, 0.3) is 0 Å². The van der Waals surface area contributed by atoms with Crippen LogP contribution in [0, 0.1) is 23.7 Å². The summed E-state index contributed by atoms with van der Waals surface area (Å²) in [6, 6.07) is 0. The molecule has 0 amide bonds. The minimum atomic E-state index is 0.685. The first kappa shape index (κ1) is 12.5. The highest BCUT2D eigenvalue weighted by Crippen LogP contribution is 2.38. The smallest absolute Gasteiger partial charge is 0.0120 e. The number of hydrogen-bond donors (Lipinski definition) is 0. The van der Waals surface area contributed by atoms with E-state index >= 15 is 0 Å². The number of alkyl halides is 1. The van der Waals surface area contributed by atoms with Crippen molar-refractivity contribution < 1.29 is 0 Å². The van der Waals surface area contributed by atoms with Crippen LogP contribution in [0.5, 0.6) is 0 Å². The van der Waals surface area contributed by atoms with Gasteiger partial charge in [0.2, 0.25) is 0 Å². The van der Waals surface area contributed by atoms with Crippen molar-refractivity contribution in [2.45, 2.75) is 58.2 Å². The van der Waals surface area contributed by atoms with Crippen LogP contribution in [0.15, 0.2) is 0 Å². The van der Waals surface area contributed by atoms with Gasteiger partial charge in [0.25, 0.3) is 0 Å². The summed E-state index contributed by atoms with van der Waals surface area (Å²) in [4.78, 5) is 0.685. The van der Waals surface area contributed by atoms with Crippen molar-refractivity contribution in [2.24, 2.45) is 23.7 Å².